The molecular weight excluding hydrogens is 511 g/mol. The summed E-state index contributed by atoms with van der Waals surface area (Å²) in [5.74, 6) is 1.82. The van der Waals surface area contributed by atoms with Gasteiger partial charge in [0.05, 0.1) is 37.0 Å². The summed E-state index contributed by atoms with van der Waals surface area (Å²) < 4.78 is 16.3. The van der Waals surface area contributed by atoms with Crippen molar-refractivity contribution < 1.29 is 9.47 Å². The largest absolute Gasteiger partial charge is 0.377 e. The lowest BCUT2D eigenvalue weighted by molar-refractivity contribution is 0.0782. The second-order valence-electron chi connectivity index (χ2n) is 8.91. The van der Waals surface area contributed by atoms with Crippen LogP contribution in [0.25, 0.3) is 16.9 Å². The molecule has 0 unspecified atom stereocenters. The number of nitrogens with zero attached hydrogens (tertiary/aromatic N) is 6. The third kappa shape index (κ3) is 4.71. The highest BCUT2D eigenvalue weighted by molar-refractivity contribution is 14.1. The summed E-state index contributed by atoms with van der Waals surface area (Å²) in [6, 6.07) is 5.51. The Bertz CT molecular complexity index is 1010. The van der Waals surface area contributed by atoms with Crippen molar-refractivity contribution in [3.63, 3.8) is 0 Å². The molecule has 30 heavy (non-hydrogen) atoms. The number of rotatable bonds is 7. The van der Waals surface area contributed by atoms with E-state index in [1.165, 1.54) is 0 Å². The summed E-state index contributed by atoms with van der Waals surface area (Å²) in [4.78, 5) is 7.29. The van der Waals surface area contributed by atoms with Crippen LogP contribution < -0.4 is 4.90 Å². The van der Waals surface area contributed by atoms with Crippen molar-refractivity contribution in [2.24, 2.45) is 0 Å². The number of ether oxygens (including phenoxy) is 2. The molecule has 4 rings (SSSR count). The molecule has 1 atom stereocenters. The molecule has 3 aromatic heterocycles. The zero-order chi connectivity index (χ0) is 21.3. The maximum Gasteiger partial charge on any atom is 0.168 e. The molecule has 0 bridgehead atoms. The molecule has 0 spiro atoms. The number of hydrogen-bond acceptors (Lipinski definition) is 6. The lowest BCUT2D eigenvalue weighted by atomic mass is 10.2. The Morgan fingerprint density at radius 2 is 2.13 bits per heavy atom. The SMILES string of the molecule is C[C@@H]1COCCN1c1cc(I)c2cnn(-c3ccnn3COCC[Si](C)(C)C)c2n1. The summed E-state index contributed by atoms with van der Waals surface area (Å²) in [7, 11) is -1.11. The van der Waals surface area contributed by atoms with Crippen molar-refractivity contribution in [3.8, 4) is 5.82 Å². The highest BCUT2D eigenvalue weighted by atomic mass is 127. The molecule has 0 N–H and O–H groups in total. The number of pyridine rings is 1. The summed E-state index contributed by atoms with van der Waals surface area (Å²) in [5.41, 5.74) is 0.833. The van der Waals surface area contributed by atoms with Gasteiger partial charge in [-0.25, -0.2) is 9.67 Å². The lowest BCUT2D eigenvalue weighted by Crippen LogP contribution is -2.44. The van der Waals surface area contributed by atoms with Crippen LogP contribution in [0.5, 0.6) is 0 Å². The number of fused-ring (bicyclic) bond motifs is 1. The maximum absolute atomic E-state index is 5.91. The fourth-order valence-electron chi connectivity index (χ4n) is 3.47. The number of anilines is 1. The monoisotopic (exact) mass is 540 g/mol. The maximum atomic E-state index is 5.91. The van der Waals surface area contributed by atoms with Crippen LogP contribution in [0.1, 0.15) is 6.92 Å². The first-order valence-electron chi connectivity index (χ1n) is 10.3. The van der Waals surface area contributed by atoms with Crippen LogP contribution >= 0.6 is 22.6 Å². The van der Waals surface area contributed by atoms with E-state index < -0.39 is 8.07 Å². The zero-order valence-corrected chi connectivity index (χ0v) is 21.2. The van der Waals surface area contributed by atoms with Gasteiger partial charge in [0.15, 0.2) is 11.5 Å². The van der Waals surface area contributed by atoms with E-state index in [0.717, 1.165) is 58.6 Å². The molecule has 0 saturated carbocycles. The van der Waals surface area contributed by atoms with Crippen LogP contribution in [0.3, 0.4) is 0 Å². The smallest absolute Gasteiger partial charge is 0.168 e. The van der Waals surface area contributed by atoms with E-state index in [-0.39, 0.29) is 0 Å². The predicted molar refractivity (Wildman–Crippen MR) is 129 cm³/mol. The Hall–Kier alpha value is -1.50. The highest BCUT2D eigenvalue weighted by Gasteiger charge is 2.23. The predicted octanol–water partition coefficient (Wildman–Crippen LogP) is 3.76. The van der Waals surface area contributed by atoms with Gasteiger partial charge in [0.25, 0.3) is 0 Å². The average Bonchev–Trinajstić information content (AvgIpc) is 3.31. The van der Waals surface area contributed by atoms with Crippen LogP contribution in [-0.2, 0) is 16.2 Å². The van der Waals surface area contributed by atoms with Gasteiger partial charge in [-0.3, -0.25) is 0 Å². The lowest BCUT2D eigenvalue weighted by Gasteiger charge is -2.34. The van der Waals surface area contributed by atoms with Gasteiger partial charge in [0.2, 0.25) is 0 Å². The molecule has 10 heteroatoms. The molecule has 1 fully saturated rings. The van der Waals surface area contributed by atoms with Gasteiger partial charge in [-0.15, -0.1) is 0 Å². The molecule has 3 aromatic rings. The number of hydrogen-bond donors (Lipinski definition) is 0. The van der Waals surface area contributed by atoms with Gasteiger partial charge in [0.1, 0.15) is 12.5 Å². The van der Waals surface area contributed by atoms with Crippen LogP contribution in [0.15, 0.2) is 24.5 Å². The van der Waals surface area contributed by atoms with Crippen LogP contribution in [-0.4, -0.2) is 65.0 Å². The molecule has 162 valence electrons. The molecule has 0 radical (unpaired) electrons. The molecule has 0 aromatic carbocycles. The molecule has 0 aliphatic carbocycles. The van der Waals surface area contributed by atoms with Crippen LogP contribution in [0, 0.1) is 3.57 Å². The number of morpholine rings is 1. The third-order valence-corrected chi connectivity index (χ3v) is 7.86. The Balaban J connectivity index is 1.62. The summed E-state index contributed by atoms with van der Waals surface area (Å²) >= 11 is 2.37. The van der Waals surface area contributed by atoms with Gasteiger partial charge in [-0.05, 0) is 41.6 Å². The standard InChI is InChI=1S/C20H29IN6O2Si/c1-15-13-28-8-7-25(15)18-11-17(21)16-12-23-27(20(16)24-18)19-5-6-22-26(19)14-29-9-10-30(2,3)4/h5-6,11-12,15H,7-10,13-14H2,1-4H3/t15-/m1/s1. The van der Waals surface area contributed by atoms with E-state index in [4.69, 9.17) is 14.5 Å². The second kappa shape index (κ2) is 8.93. The van der Waals surface area contributed by atoms with Gasteiger partial charge in [-0.1, -0.05) is 19.6 Å². The van der Waals surface area contributed by atoms with E-state index in [2.05, 4.69) is 70.3 Å². The molecule has 4 heterocycles. The summed E-state index contributed by atoms with van der Waals surface area (Å²) in [6.45, 7) is 12.7. The van der Waals surface area contributed by atoms with Crippen molar-refractivity contribution in [2.45, 2.75) is 45.4 Å². The summed E-state index contributed by atoms with van der Waals surface area (Å²) in [6.07, 6.45) is 3.66. The van der Waals surface area contributed by atoms with Crippen LogP contribution in [0.4, 0.5) is 5.82 Å². The van der Waals surface area contributed by atoms with E-state index in [1.54, 1.807) is 6.20 Å². The Morgan fingerprint density at radius 3 is 2.90 bits per heavy atom. The first-order valence-corrected chi connectivity index (χ1v) is 15.1. The van der Waals surface area contributed by atoms with Crippen molar-refractivity contribution in [1.29, 1.82) is 0 Å². The minimum absolute atomic E-state index is 0.293. The van der Waals surface area contributed by atoms with E-state index >= 15 is 0 Å². The summed E-state index contributed by atoms with van der Waals surface area (Å²) in [5, 5.41) is 10.1. The molecule has 8 nitrogen and oxygen atoms in total. The minimum Gasteiger partial charge on any atom is -0.377 e. The van der Waals surface area contributed by atoms with E-state index in [0.29, 0.717) is 12.8 Å². The molecular formula is C20H29IN6O2Si. The van der Waals surface area contributed by atoms with Gasteiger partial charge < -0.3 is 14.4 Å². The van der Waals surface area contributed by atoms with Crippen molar-refractivity contribution >= 4 is 47.5 Å². The number of halogens is 1. The van der Waals surface area contributed by atoms with Crippen LogP contribution in [0.2, 0.25) is 25.7 Å². The fourth-order valence-corrected chi connectivity index (χ4v) is 4.88. The Labute approximate surface area is 191 Å². The van der Waals surface area contributed by atoms with Gasteiger partial charge in [-0.2, -0.15) is 14.9 Å². The van der Waals surface area contributed by atoms with Gasteiger partial charge >= 0.3 is 0 Å². The molecule has 1 aliphatic heterocycles. The van der Waals surface area contributed by atoms with Crippen molar-refractivity contribution in [1.82, 2.24) is 24.5 Å². The Morgan fingerprint density at radius 1 is 1.30 bits per heavy atom. The van der Waals surface area contributed by atoms with E-state index in [1.807, 2.05) is 21.6 Å². The quantitative estimate of drug-likeness (QED) is 0.258. The third-order valence-electron chi connectivity index (χ3n) is 5.26. The topological polar surface area (TPSA) is 70.2 Å². The van der Waals surface area contributed by atoms with Gasteiger partial charge in [0, 0.05) is 30.9 Å². The normalized spacial score (nSPS) is 17.8. The fraction of sp³-hybridized carbons (Fsp3) is 0.550. The molecule has 0 amide bonds. The first-order chi connectivity index (χ1) is 14.3. The highest BCUT2D eigenvalue weighted by Crippen LogP contribution is 2.27. The molecule has 1 saturated heterocycles. The zero-order valence-electron chi connectivity index (χ0n) is 18.0. The molecule has 1 aliphatic rings. The minimum atomic E-state index is -1.11. The Kier molecular flexibility index (Phi) is 6.46. The first kappa shape index (κ1) is 21.7. The van der Waals surface area contributed by atoms with E-state index in [9.17, 15) is 0 Å². The average molecular weight is 540 g/mol. The van der Waals surface area contributed by atoms with Crippen molar-refractivity contribution in [2.75, 3.05) is 31.3 Å². The number of aromatic nitrogens is 5. The second-order valence-corrected chi connectivity index (χ2v) is 15.7. The van der Waals surface area contributed by atoms with Crippen molar-refractivity contribution in [3.05, 3.63) is 28.1 Å².